The summed E-state index contributed by atoms with van der Waals surface area (Å²) in [6.07, 6.45) is 3.41. The van der Waals surface area contributed by atoms with Gasteiger partial charge in [-0.25, -0.2) is 0 Å². The maximum Gasteiger partial charge on any atom is 0.250 e. The van der Waals surface area contributed by atoms with E-state index in [4.69, 9.17) is 9.47 Å². The number of piperidine rings is 1. The quantitative estimate of drug-likeness (QED) is 0.676. The SMILES string of the molecule is COc1cc(CN2C[C@H]3C[C@@H](C2)[C@H](CCC(C)C)n2c3cccc2=O)cc(OC)c1. The van der Waals surface area contributed by atoms with E-state index in [-0.39, 0.29) is 5.56 Å². The van der Waals surface area contributed by atoms with Gasteiger partial charge in [-0.2, -0.15) is 0 Å². The summed E-state index contributed by atoms with van der Waals surface area (Å²) in [6, 6.07) is 12.2. The van der Waals surface area contributed by atoms with E-state index in [9.17, 15) is 4.79 Å². The molecule has 4 rings (SSSR count). The van der Waals surface area contributed by atoms with Gasteiger partial charge in [-0.3, -0.25) is 9.69 Å². The van der Waals surface area contributed by atoms with E-state index in [2.05, 4.69) is 41.5 Å². The molecule has 3 heterocycles. The van der Waals surface area contributed by atoms with Crippen LogP contribution in [0.2, 0.25) is 0 Å². The van der Waals surface area contributed by atoms with E-state index in [1.165, 1.54) is 17.7 Å². The predicted octanol–water partition coefficient (Wildman–Crippen LogP) is 4.46. The second-order valence-electron chi connectivity index (χ2n) is 9.31. The van der Waals surface area contributed by atoms with Crippen LogP contribution in [0.5, 0.6) is 11.5 Å². The third-order valence-electron chi connectivity index (χ3n) is 6.73. The van der Waals surface area contributed by atoms with Crippen LogP contribution in [0, 0.1) is 11.8 Å². The number of methoxy groups -OCH3 is 2. The Balaban J connectivity index is 1.61. The average molecular weight is 411 g/mol. The van der Waals surface area contributed by atoms with E-state index in [0.717, 1.165) is 44.0 Å². The standard InChI is InChI=1S/C25H34N2O3/c1-17(2)8-9-24-20-12-19(23-6-5-7-25(28)27(23)24)15-26(16-20)14-18-10-21(29-3)13-22(11-18)30-4/h5-7,10-11,13,17,19-20,24H,8-9,12,14-16H2,1-4H3/t19-,20+,24+/m1/s1. The van der Waals surface area contributed by atoms with Crippen molar-refractivity contribution in [2.24, 2.45) is 11.8 Å². The second-order valence-corrected chi connectivity index (χ2v) is 9.31. The molecule has 2 aromatic rings. The topological polar surface area (TPSA) is 43.7 Å². The third-order valence-corrected chi connectivity index (χ3v) is 6.73. The van der Waals surface area contributed by atoms with Gasteiger partial charge < -0.3 is 14.0 Å². The van der Waals surface area contributed by atoms with Crippen molar-refractivity contribution in [3.05, 3.63) is 58.0 Å². The fourth-order valence-corrected chi connectivity index (χ4v) is 5.35. The number of hydrogen-bond donors (Lipinski definition) is 0. The van der Waals surface area contributed by atoms with Crippen molar-refractivity contribution in [3.8, 4) is 11.5 Å². The van der Waals surface area contributed by atoms with E-state index < -0.39 is 0 Å². The van der Waals surface area contributed by atoms with Crippen LogP contribution in [-0.2, 0) is 6.54 Å². The summed E-state index contributed by atoms with van der Waals surface area (Å²) in [7, 11) is 3.38. The molecule has 0 amide bonds. The minimum absolute atomic E-state index is 0.168. The van der Waals surface area contributed by atoms with Crippen molar-refractivity contribution in [1.82, 2.24) is 9.47 Å². The first-order valence-electron chi connectivity index (χ1n) is 11.1. The lowest BCUT2D eigenvalue weighted by atomic mass is 9.76. The Morgan fingerprint density at radius 3 is 2.47 bits per heavy atom. The van der Waals surface area contributed by atoms with Gasteiger partial charge in [0.25, 0.3) is 5.56 Å². The molecule has 2 bridgehead atoms. The minimum Gasteiger partial charge on any atom is -0.497 e. The van der Waals surface area contributed by atoms with Crippen LogP contribution in [0.4, 0.5) is 0 Å². The summed E-state index contributed by atoms with van der Waals surface area (Å²) < 4.78 is 13.0. The number of aromatic nitrogens is 1. The molecule has 30 heavy (non-hydrogen) atoms. The first kappa shape index (κ1) is 21.0. The average Bonchev–Trinajstić information content (AvgIpc) is 2.73. The van der Waals surface area contributed by atoms with Crippen LogP contribution in [0.15, 0.2) is 41.2 Å². The highest BCUT2D eigenvalue weighted by Crippen LogP contribution is 2.43. The van der Waals surface area contributed by atoms with E-state index >= 15 is 0 Å². The van der Waals surface area contributed by atoms with Gasteiger partial charge in [-0.1, -0.05) is 19.9 Å². The number of pyridine rings is 1. The molecule has 0 saturated carbocycles. The van der Waals surface area contributed by atoms with Gasteiger partial charge in [-0.05, 0) is 54.9 Å². The smallest absolute Gasteiger partial charge is 0.250 e. The Bertz CT molecular complexity index is 914. The highest BCUT2D eigenvalue weighted by molar-refractivity contribution is 5.38. The number of likely N-dealkylation sites (tertiary alicyclic amines) is 1. The van der Waals surface area contributed by atoms with Gasteiger partial charge in [-0.15, -0.1) is 0 Å². The van der Waals surface area contributed by atoms with Crippen LogP contribution in [-0.4, -0.2) is 36.8 Å². The van der Waals surface area contributed by atoms with Crippen molar-refractivity contribution in [3.63, 3.8) is 0 Å². The number of fused-ring (bicyclic) bond motifs is 4. The van der Waals surface area contributed by atoms with Crippen molar-refractivity contribution in [2.75, 3.05) is 27.3 Å². The molecule has 1 saturated heterocycles. The molecule has 5 heteroatoms. The molecule has 0 spiro atoms. The fraction of sp³-hybridized carbons (Fsp3) is 0.560. The Labute approximate surface area is 179 Å². The molecule has 1 aromatic carbocycles. The lowest BCUT2D eigenvalue weighted by molar-refractivity contribution is 0.0798. The zero-order valence-electron chi connectivity index (χ0n) is 18.6. The van der Waals surface area contributed by atoms with Gasteiger partial charge in [0.15, 0.2) is 0 Å². The van der Waals surface area contributed by atoms with E-state index in [1.807, 2.05) is 12.1 Å². The normalized spacial score (nSPS) is 23.3. The fourth-order valence-electron chi connectivity index (χ4n) is 5.35. The van der Waals surface area contributed by atoms with Gasteiger partial charge in [0, 0.05) is 49.4 Å². The Hall–Kier alpha value is -2.27. The highest BCUT2D eigenvalue weighted by Gasteiger charge is 2.40. The van der Waals surface area contributed by atoms with Crippen LogP contribution in [0.1, 0.15) is 56.3 Å². The van der Waals surface area contributed by atoms with Gasteiger partial charge in [0.2, 0.25) is 0 Å². The predicted molar refractivity (Wildman–Crippen MR) is 119 cm³/mol. The highest BCUT2D eigenvalue weighted by atomic mass is 16.5. The van der Waals surface area contributed by atoms with Gasteiger partial charge in [0.1, 0.15) is 11.5 Å². The largest absolute Gasteiger partial charge is 0.497 e. The molecule has 162 valence electrons. The van der Waals surface area contributed by atoms with Crippen LogP contribution in [0.3, 0.4) is 0 Å². The number of nitrogens with zero attached hydrogens (tertiary/aromatic N) is 2. The summed E-state index contributed by atoms with van der Waals surface area (Å²) in [5.74, 6) is 3.24. The number of rotatable bonds is 7. The molecule has 0 unspecified atom stereocenters. The zero-order valence-corrected chi connectivity index (χ0v) is 18.6. The molecule has 5 nitrogen and oxygen atoms in total. The lowest BCUT2D eigenvalue weighted by Gasteiger charge is -2.47. The summed E-state index contributed by atoms with van der Waals surface area (Å²) in [5, 5.41) is 0. The number of hydrogen-bond acceptors (Lipinski definition) is 4. The Kier molecular flexibility index (Phi) is 6.19. The zero-order chi connectivity index (χ0) is 21.3. The number of ether oxygens (including phenoxy) is 2. The molecule has 1 aromatic heterocycles. The molecule has 0 radical (unpaired) electrons. The summed E-state index contributed by atoms with van der Waals surface area (Å²) in [5.41, 5.74) is 2.60. The molecule has 0 aliphatic carbocycles. The second kappa shape index (κ2) is 8.84. The van der Waals surface area contributed by atoms with E-state index in [0.29, 0.717) is 23.8 Å². The van der Waals surface area contributed by atoms with Gasteiger partial charge >= 0.3 is 0 Å². The summed E-state index contributed by atoms with van der Waals surface area (Å²) >= 11 is 0. The molecule has 0 N–H and O–H groups in total. The van der Waals surface area contributed by atoms with E-state index in [1.54, 1.807) is 20.3 Å². The minimum atomic E-state index is 0.168. The Morgan fingerprint density at radius 2 is 1.80 bits per heavy atom. The van der Waals surface area contributed by atoms with Crippen LogP contribution < -0.4 is 15.0 Å². The van der Waals surface area contributed by atoms with Crippen molar-refractivity contribution in [2.45, 2.75) is 51.6 Å². The monoisotopic (exact) mass is 410 g/mol. The molecular formula is C25H34N2O3. The maximum atomic E-state index is 12.8. The summed E-state index contributed by atoms with van der Waals surface area (Å²) in [4.78, 5) is 15.3. The number of benzene rings is 1. The van der Waals surface area contributed by atoms with Crippen molar-refractivity contribution < 1.29 is 9.47 Å². The summed E-state index contributed by atoms with van der Waals surface area (Å²) in [6.45, 7) is 7.41. The Morgan fingerprint density at radius 1 is 1.07 bits per heavy atom. The first-order valence-corrected chi connectivity index (χ1v) is 11.1. The molecule has 2 aliphatic rings. The van der Waals surface area contributed by atoms with Crippen molar-refractivity contribution >= 4 is 0 Å². The van der Waals surface area contributed by atoms with Crippen LogP contribution >= 0.6 is 0 Å². The molecular weight excluding hydrogens is 376 g/mol. The molecule has 3 atom stereocenters. The molecule has 1 fully saturated rings. The maximum absolute atomic E-state index is 12.8. The lowest BCUT2D eigenvalue weighted by Crippen LogP contribution is -2.49. The van der Waals surface area contributed by atoms with Gasteiger partial charge in [0.05, 0.1) is 14.2 Å². The van der Waals surface area contributed by atoms with Crippen molar-refractivity contribution in [1.29, 1.82) is 0 Å². The van der Waals surface area contributed by atoms with Crippen LogP contribution in [0.25, 0.3) is 0 Å². The first-order chi connectivity index (χ1) is 14.5. The third kappa shape index (κ3) is 4.27. The molecule has 2 aliphatic heterocycles.